The Morgan fingerprint density at radius 2 is 1.90 bits per heavy atom. The van der Waals surface area contributed by atoms with Crippen LogP contribution in [0.4, 0.5) is 17.6 Å². The summed E-state index contributed by atoms with van der Waals surface area (Å²) in [5.41, 5.74) is 1.04. The van der Waals surface area contributed by atoms with Gasteiger partial charge in [-0.3, -0.25) is 4.98 Å². The predicted octanol–water partition coefficient (Wildman–Crippen LogP) is 2.81. The molecule has 0 aliphatic carbocycles. The molecule has 2 rings (SSSR count). The van der Waals surface area contributed by atoms with Crippen LogP contribution in [-0.2, 0) is 6.42 Å². The molecule has 0 fully saturated rings. The monoisotopic (exact) mass is 286 g/mol. The van der Waals surface area contributed by atoms with Gasteiger partial charge in [0.2, 0.25) is 5.95 Å². The summed E-state index contributed by atoms with van der Waals surface area (Å²) < 4.78 is 0. The van der Waals surface area contributed by atoms with Crippen LogP contribution in [0.15, 0.2) is 24.7 Å². The summed E-state index contributed by atoms with van der Waals surface area (Å²) in [5.74, 6) is 2.17. The first-order valence-electron chi connectivity index (χ1n) is 7.42. The van der Waals surface area contributed by atoms with E-state index in [2.05, 4.69) is 57.0 Å². The van der Waals surface area contributed by atoms with E-state index in [1.807, 2.05) is 0 Å². The largest absolute Gasteiger partial charge is 0.357 e. The van der Waals surface area contributed by atoms with Gasteiger partial charge in [-0.2, -0.15) is 4.98 Å². The summed E-state index contributed by atoms with van der Waals surface area (Å²) in [6, 6.07) is 2.07. The molecule has 0 atom stereocenters. The van der Waals surface area contributed by atoms with Crippen molar-refractivity contribution < 1.29 is 0 Å². The molecule has 1 N–H and O–H groups in total. The zero-order valence-corrected chi connectivity index (χ0v) is 12.9. The van der Waals surface area contributed by atoms with Gasteiger partial charge in [0, 0.05) is 37.2 Å². The van der Waals surface area contributed by atoms with Crippen LogP contribution in [0.5, 0.6) is 0 Å². The van der Waals surface area contributed by atoms with Crippen LogP contribution in [-0.4, -0.2) is 33.0 Å². The number of aromatic nitrogens is 4. The van der Waals surface area contributed by atoms with Crippen molar-refractivity contribution in [2.45, 2.75) is 33.6 Å². The van der Waals surface area contributed by atoms with E-state index in [0.717, 1.165) is 37.4 Å². The maximum absolute atomic E-state index is 4.59. The van der Waals surface area contributed by atoms with Crippen LogP contribution >= 0.6 is 0 Å². The minimum atomic E-state index is 0.573. The Labute approximate surface area is 125 Å². The highest BCUT2D eigenvalue weighted by Crippen LogP contribution is 2.18. The lowest BCUT2D eigenvalue weighted by molar-refractivity contribution is 0.824. The standard InChI is InChI=1S/C15H22N6/c1-4-7-12-10-14(21(5-2)6-3)20-15(18-12)19-13-11-16-8-9-17-13/h8-11H,4-7H2,1-3H3,(H,17,18,19,20). The third kappa shape index (κ3) is 4.11. The Hall–Kier alpha value is -2.24. The topological polar surface area (TPSA) is 66.8 Å². The van der Waals surface area contributed by atoms with E-state index >= 15 is 0 Å². The molecule has 0 unspecified atom stereocenters. The molecule has 6 nitrogen and oxygen atoms in total. The normalized spacial score (nSPS) is 10.4. The number of nitrogens with one attached hydrogen (secondary N) is 1. The first-order valence-corrected chi connectivity index (χ1v) is 7.42. The summed E-state index contributed by atoms with van der Waals surface area (Å²) in [5, 5.41) is 3.12. The fourth-order valence-corrected chi connectivity index (χ4v) is 2.11. The van der Waals surface area contributed by atoms with Crippen molar-refractivity contribution in [3.8, 4) is 0 Å². The van der Waals surface area contributed by atoms with Gasteiger partial charge in [0.1, 0.15) is 5.82 Å². The molecule has 0 aliphatic heterocycles. The second-order valence-electron chi connectivity index (χ2n) is 4.68. The Bertz CT molecular complexity index is 553. The fourth-order valence-electron chi connectivity index (χ4n) is 2.11. The van der Waals surface area contributed by atoms with Gasteiger partial charge in [-0.05, 0) is 20.3 Å². The molecule has 0 aliphatic rings. The number of nitrogens with zero attached hydrogens (tertiary/aromatic N) is 5. The molecule has 0 saturated heterocycles. The van der Waals surface area contributed by atoms with Gasteiger partial charge in [0.15, 0.2) is 5.82 Å². The van der Waals surface area contributed by atoms with Crippen molar-refractivity contribution in [3.05, 3.63) is 30.4 Å². The van der Waals surface area contributed by atoms with Crippen molar-refractivity contribution in [2.24, 2.45) is 0 Å². The van der Waals surface area contributed by atoms with E-state index < -0.39 is 0 Å². The minimum absolute atomic E-state index is 0.573. The Balaban J connectivity index is 2.30. The maximum atomic E-state index is 4.59. The maximum Gasteiger partial charge on any atom is 0.230 e. The smallest absolute Gasteiger partial charge is 0.230 e. The van der Waals surface area contributed by atoms with Crippen LogP contribution in [0.1, 0.15) is 32.9 Å². The Morgan fingerprint density at radius 3 is 2.52 bits per heavy atom. The van der Waals surface area contributed by atoms with Gasteiger partial charge >= 0.3 is 0 Å². The van der Waals surface area contributed by atoms with Crippen LogP contribution < -0.4 is 10.2 Å². The summed E-state index contributed by atoms with van der Waals surface area (Å²) in [6.07, 6.45) is 6.93. The van der Waals surface area contributed by atoms with Crippen molar-refractivity contribution in [2.75, 3.05) is 23.3 Å². The molecule has 2 aromatic heterocycles. The molecule has 0 amide bonds. The number of hydrogen-bond acceptors (Lipinski definition) is 6. The zero-order chi connectivity index (χ0) is 15.1. The Morgan fingerprint density at radius 1 is 1.10 bits per heavy atom. The van der Waals surface area contributed by atoms with E-state index in [-0.39, 0.29) is 0 Å². The lowest BCUT2D eigenvalue weighted by atomic mass is 10.2. The van der Waals surface area contributed by atoms with Crippen molar-refractivity contribution in [1.82, 2.24) is 19.9 Å². The molecule has 0 spiro atoms. The van der Waals surface area contributed by atoms with Crippen molar-refractivity contribution >= 4 is 17.6 Å². The molecule has 112 valence electrons. The first kappa shape index (κ1) is 15.2. The molecule has 0 aromatic carbocycles. The number of aryl methyl sites for hydroxylation is 1. The van der Waals surface area contributed by atoms with Gasteiger partial charge in [0.25, 0.3) is 0 Å². The molecular weight excluding hydrogens is 264 g/mol. The van der Waals surface area contributed by atoms with Crippen molar-refractivity contribution in [1.29, 1.82) is 0 Å². The molecule has 0 radical (unpaired) electrons. The van der Waals surface area contributed by atoms with E-state index in [0.29, 0.717) is 11.8 Å². The van der Waals surface area contributed by atoms with Crippen LogP contribution in [0.3, 0.4) is 0 Å². The zero-order valence-electron chi connectivity index (χ0n) is 12.9. The lowest BCUT2D eigenvalue weighted by Crippen LogP contribution is -2.23. The second kappa shape index (κ2) is 7.52. The molecule has 0 saturated carbocycles. The molecule has 0 bridgehead atoms. The number of hydrogen-bond donors (Lipinski definition) is 1. The summed E-state index contributed by atoms with van der Waals surface area (Å²) in [7, 11) is 0. The van der Waals surface area contributed by atoms with Gasteiger partial charge in [0.05, 0.1) is 6.20 Å². The van der Waals surface area contributed by atoms with E-state index in [9.17, 15) is 0 Å². The van der Waals surface area contributed by atoms with E-state index in [4.69, 9.17) is 0 Å². The first-order chi connectivity index (χ1) is 10.3. The third-order valence-electron chi connectivity index (χ3n) is 3.16. The second-order valence-corrected chi connectivity index (χ2v) is 4.68. The molecule has 6 heteroatoms. The van der Waals surface area contributed by atoms with Crippen molar-refractivity contribution in [3.63, 3.8) is 0 Å². The molecule has 2 heterocycles. The van der Waals surface area contributed by atoms with Gasteiger partial charge in [-0.25, -0.2) is 9.97 Å². The number of rotatable bonds is 7. The quantitative estimate of drug-likeness (QED) is 0.844. The van der Waals surface area contributed by atoms with Crippen LogP contribution in [0.25, 0.3) is 0 Å². The molecule has 2 aromatic rings. The average Bonchev–Trinajstić information content (AvgIpc) is 2.50. The predicted molar refractivity (Wildman–Crippen MR) is 84.9 cm³/mol. The highest BCUT2D eigenvalue weighted by molar-refractivity contribution is 5.51. The van der Waals surface area contributed by atoms with Gasteiger partial charge in [-0.15, -0.1) is 0 Å². The van der Waals surface area contributed by atoms with Crippen LogP contribution in [0, 0.1) is 0 Å². The molecular formula is C15H22N6. The number of anilines is 3. The lowest BCUT2D eigenvalue weighted by Gasteiger charge is -2.21. The third-order valence-corrected chi connectivity index (χ3v) is 3.16. The van der Waals surface area contributed by atoms with Crippen LogP contribution in [0.2, 0.25) is 0 Å². The average molecular weight is 286 g/mol. The highest BCUT2D eigenvalue weighted by Gasteiger charge is 2.09. The van der Waals surface area contributed by atoms with E-state index in [1.54, 1.807) is 18.6 Å². The summed E-state index contributed by atoms with van der Waals surface area (Å²) in [4.78, 5) is 19.6. The van der Waals surface area contributed by atoms with E-state index in [1.165, 1.54) is 0 Å². The Kier molecular flexibility index (Phi) is 5.43. The van der Waals surface area contributed by atoms with Gasteiger partial charge < -0.3 is 10.2 Å². The van der Waals surface area contributed by atoms with Gasteiger partial charge in [-0.1, -0.05) is 13.3 Å². The summed E-state index contributed by atoms with van der Waals surface area (Å²) in [6.45, 7) is 8.24. The SMILES string of the molecule is CCCc1cc(N(CC)CC)nc(Nc2cnccn2)n1. The molecule has 21 heavy (non-hydrogen) atoms. The summed E-state index contributed by atoms with van der Waals surface area (Å²) >= 11 is 0. The minimum Gasteiger partial charge on any atom is -0.357 e. The highest BCUT2D eigenvalue weighted by atomic mass is 15.2. The fraction of sp³-hybridized carbons (Fsp3) is 0.467.